The Kier molecular flexibility index (Phi) is 7.28. The summed E-state index contributed by atoms with van der Waals surface area (Å²) in [6.07, 6.45) is 0. The maximum Gasteiger partial charge on any atom is 0.317 e. The summed E-state index contributed by atoms with van der Waals surface area (Å²) >= 11 is 3.51. The maximum atomic E-state index is 10.6. The average Bonchev–Trinajstić information content (AvgIpc) is 2.56. The molecule has 25 heavy (non-hydrogen) atoms. The Hall–Kier alpha value is -2.05. The number of aliphatic carboxylic acids is 1. The zero-order chi connectivity index (χ0) is 18.2. The molecule has 2 aromatic rings. The molecule has 0 radical (unpaired) electrons. The molecule has 2 aromatic carbocycles. The highest BCUT2D eigenvalue weighted by molar-refractivity contribution is 9.10. The lowest BCUT2D eigenvalue weighted by molar-refractivity contribution is -0.135. The summed E-state index contributed by atoms with van der Waals surface area (Å²) in [6, 6.07) is 11.9. The average molecular weight is 408 g/mol. The molecule has 5 nitrogen and oxygen atoms in total. The molecule has 0 atom stereocenters. The number of carboxylic acids is 1. The van der Waals surface area contributed by atoms with E-state index in [-0.39, 0.29) is 6.54 Å². The standard InChI is InChI=1S/C19H22BrNO4/c1-3-24-17-8-15(10-21-11-19(22)23)16(20)9-18(17)25-12-14-6-4-5-13(2)7-14/h4-9,21H,3,10-12H2,1-2H3,(H,22,23). The van der Waals surface area contributed by atoms with Crippen molar-refractivity contribution in [1.29, 1.82) is 0 Å². The third kappa shape index (κ3) is 6.07. The van der Waals surface area contributed by atoms with E-state index in [0.717, 1.165) is 15.6 Å². The van der Waals surface area contributed by atoms with Gasteiger partial charge in [0.05, 0.1) is 13.2 Å². The molecular formula is C19H22BrNO4. The minimum absolute atomic E-state index is 0.0952. The first-order valence-electron chi connectivity index (χ1n) is 8.05. The van der Waals surface area contributed by atoms with E-state index in [2.05, 4.69) is 27.3 Å². The molecule has 0 aliphatic heterocycles. The third-order valence-electron chi connectivity index (χ3n) is 3.48. The SMILES string of the molecule is CCOc1cc(CNCC(=O)O)c(Br)cc1OCc1cccc(C)c1. The van der Waals surface area contributed by atoms with Gasteiger partial charge in [0.25, 0.3) is 0 Å². The minimum Gasteiger partial charge on any atom is -0.490 e. The van der Waals surface area contributed by atoms with E-state index in [0.29, 0.717) is 31.3 Å². The number of halogens is 1. The van der Waals surface area contributed by atoms with Crippen LogP contribution >= 0.6 is 15.9 Å². The number of benzene rings is 2. The van der Waals surface area contributed by atoms with Crippen molar-refractivity contribution < 1.29 is 19.4 Å². The van der Waals surface area contributed by atoms with Crippen LogP contribution in [0.4, 0.5) is 0 Å². The monoisotopic (exact) mass is 407 g/mol. The van der Waals surface area contributed by atoms with Gasteiger partial charge in [-0.25, -0.2) is 0 Å². The molecule has 0 amide bonds. The summed E-state index contributed by atoms with van der Waals surface area (Å²) in [4.78, 5) is 10.6. The number of carboxylic acid groups (broad SMARTS) is 1. The van der Waals surface area contributed by atoms with E-state index in [1.807, 2.05) is 44.2 Å². The molecule has 0 spiro atoms. The fraction of sp³-hybridized carbons (Fsp3) is 0.316. The summed E-state index contributed by atoms with van der Waals surface area (Å²) in [5.74, 6) is 0.405. The Morgan fingerprint density at radius 3 is 2.64 bits per heavy atom. The van der Waals surface area contributed by atoms with Gasteiger partial charge in [-0.3, -0.25) is 4.79 Å². The van der Waals surface area contributed by atoms with Gasteiger partial charge in [-0.2, -0.15) is 0 Å². The highest BCUT2D eigenvalue weighted by Crippen LogP contribution is 2.34. The van der Waals surface area contributed by atoms with Gasteiger partial charge in [0, 0.05) is 11.0 Å². The first kappa shape index (κ1) is 19.3. The van der Waals surface area contributed by atoms with E-state index >= 15 is 0 Å². The molecular weight excluding hydrogens is 386 g/mol. The number of carbonyl (C=O) groups is 1. The molecule has 0 bridgehead atoms. The lowest BCUT2D eigenvalue weighted by Gasteiger charge is -2.15. The molecule has 0 fully saturated rings. The molecule has 0 unspecified atom stereocenters. The molecule has 0 saturated carbocycles. The van der Waals surface area contributed by atoms with Gasteiger partial charge in [0.1, 0.15) is 6.61 Å². The van der Waals surface area contributed by atoms with Gasteiger partial charge >= 0.3 is 5.97 Å². The predicted octanol–water partition coefficient (Wildman–Crippen LogP) is 3.91. The molecule has 0 aliphatic rings. The number of nitrogens with one attached hydrogen (secondary N) is 1. The fourth-order valence-electron chi connectivity index (χ4n) is 2.36. The first-order valence-corrected chi connectivity index (χ1v) is 8.85. The van der Waals surface area contributed by atoms with E-state index in [9.17, 15) is 4.79 Å². The van der Waals surface area contributed by atoms with Gasteiger partial charge in [-0.05, 0) is 37.1 Å². The second-order valence-electron chi connectivity index (χ2n) is 5.60. The molecule has 0 aromatic heterocycles. The zero-order valence-corrected chi connectivity index (χ0v) is 15.9. The van der Waals surface area contributed by atoms with Crippen LogP contribution in [0.3, 0.4) is 0 Å². The van der Waals surface area contributed by atoms with Crippen LogP contribution in [0.5, 0.6) is 11.5 Å². The van der Waals surface area contributed by atoms with Gasteiger partial charge in [-0.1, -0.05) is 45.8 Å². The highest BCUT2D eigenvalue weighted by Gasteiger charge is 2.11. The van der Waals surface area contributed by atoms with Crippen LogP contribution in [-0.4, -0.2) is 24.2 Å². The Morgan fingerprint density at radius 1 is 1.20 bits per heavy atom. The van der Waals surface area contributed by atoms with Crippen molar-refractivity contribution in [3.8, 4) is 11.5 Å². The molecule has 134 valence electrons. The molecule has 0 saturated heterocycles. The lowest BCUT2D eigenvalue weighted by atomic mass is 10.1. The number of aryl methyl sites for hydroxylation is 1. The maximum absolute atomic E-state index is 10.6. The highest BCUT2D eigenvalue weighted by atomic mass is 79.9. The molecule has 6 heteroatoms. The van der Waals surface area contributed by atoms with Gasteiger partial charge in [0.15, 0.2) is 11.5 Å². The van der Waals surface area contributed by atoms with Crippen molar-refractivity contribution in [2.45, 2.75) is 27.0 Å². The van der Waals surface area contributed by atoms with Crippen molar-refractivity contribution in [2.75, 3.05) is 13.2 Å². The largest absolute Gasteiger partial charge is 0.490 e. The fourth-order valence-corrected chi connectivity index (χ4v) is 2.82. The van der Waals surface area contributed by atoms with Crippen LogP contribution in [0, 0.1) is 6.92 Å². The van der Waals surface area contributed by atoms with Crippen LogP contribution < -0.4 is 14.8 Å². The Labute approximate surface area is 156 Å². The minimum atomic E-state index is -0.890. The van der Waals surface area contributed by atoms with Crippen LogP contribution in [0.2, 0.25) is 0 Å². The second kappa shape index (κ2) is 9.44. The van der Waals surface area contributed by atoms with Crippen molar-refractivity contribution in [2.24, 2.45) is 0 Å². The van der Waals surface area contributed by atoms with Crippen LogP contribution in [0.15, 0.2) is 40.9 Å². The lowest BCUT2D eigenvalue weighted by Crippen LogP contribution is -2.22. The summed E-state index contributed by atoms with van der Waals surface area (Å²) in [5, 5.41) is 11.6. The quantitative estimate of drug-likeness (QED) is 0.659. The van der Waals surface area contributed by atoms with Crippen LogP contribution in [0.1, 0.15) is 23.6 Å². The Morgan fingerprint density at radius 2 is 1.96 bits per heavy atom. The van der Waals surface area contributed by atoms with E-state index in [1.54, 1.807) is 0 Å². The van der Waals surface area contributed by atoms with E-state index < -0.39 is 5.97 Å². The Bertz CT molecular complexity index is 733. The van der Waals surface area contributed by atoms with Gasteiger partial charge < -0.3 is 19.9 Å². The third-order valence-corrected chi connectivity index (χ3v) is 4.22. The molecule has 2 rings (SSSR count). The molecule has 0 heterocycles. The van der Waals surface area contributed by atoms with Crippen molar-refractivity contribution in [3.05, 3.63) is 57.6 Å². The normalized spacial score (nSPS) is 10.5. The summed E-state index contributed by atoms with van der Waals surface area (Å²) in [5.41, 5.74) is 3.19. The summed E-state index contributed by atoms with van der Waals surface area (Å²) < 4.78 is 12.5. The number of rotatable bonds is 9. The second-order valence-corrected chi connectivity index (χ2v) is 6.45. The van der Waals surface area contributed by atoms with Gasteiger partial charge in [-0.15, -0.1) is 0 Å². The van der Waals surface area contributed by atoms with E-state index in [4.69, 9.17) is 14.6 Å². The topological polar surface area (TPSA) is 67.8 Å². The van der Waals surface area contributed by atoms with Gasteiger partial charge in [0.2, 0.25) is 0 Å². The molecule has 0 aliphatic carbocycles. The van der Waals surface area contributed by atoms with Crippen molar-refractivity contribution in [3.63, 3.8) is 0 Å². The van der Waals surface area contributed by atoms with E-state index in [1.165, 1.54) is 5.56 Å². The van der Waals surface area contributed by atoms with Crippen LogP contribution in [0.25, 0.3) is 0 Å². The van der Waals surface area contributed by atoms with Crippen LogP contribution in [-0.2, 0) is 17.9 Å². The Balaban J connectivity index is 2.13. The zero-order valence-electron chi connectivity index (χ0n) is 14.3. The first-order chi connectivity index (χ1) is 12.0. The summed E-state index contributed by atoms with van der Waals surface area (Å²) in [7, 11) is 0. The predicted molar refractivity (Wildman–Crippen MR) is 100 cm³/mol. The molecule has 2 N–H and O–H groups in total. The number of ether oxygens (including phenoxy) is 2. The van der Waals surface area contributed by atoms with Crippen molar-refractivity contribution in [1.82, 2.24) is 5.32 Å². The smallest absolute Gasteiger partial charge is 0.317 e. The van der Waals surface area contributed by atoms with Crippen molar-refractivity contribution >= 4 is 21.9 Å². The number of hydrogen-bond donors (Lipinski definition) is 2. The number of hydrogen-bond acceptors (Lipinski definition) is 4. The summed E-state index contributed by atoms with van der Waals surface area (Å²) in [6.45, 7) is 5.25.